The van der Waals surface area contributed by atoms with Crippen molar-refractivity contribution in [2.75, 3.05) is 11.9 Å². The number of benzene rings is 3. The number of amides is 3. The first-order valence-corrected chi connectivity index (χ1v) is 10.9. The Balaban J connectivity index is 1.46. The molecule has 35 heavy (non-hydrogen) atoms. The molecule has 3 amide bonds. The Morgan fingerprint density at radius 3 is 2.49 bits per heavy atom. The van der Waals surface area contributed by atoms with Gasteiger partial charge in [0.1, 0.15) is 17.7 Å². The number of anilines is 1. The van der Waals surface area contributed by atoms with Crippen molar-refractivity contribution in [2.24, 2.45) is 0 Å². The number of nitrogens with one attached hydrogen (secondary N) is 2. The first-order valence-electron chi connectivity index (χ1n) is 10.9. The van der Waals surface area contributed by atoms with E-state index in [4.69, 9.17) is 4.74 Å². The number of para-hydroxylation sites is 1. The van der Waals surface area contributed by atoms with E-state index >= 15 is 0 Å². The van der Waals surface area contributed by atoms with Crippen LogP contribution in [0, 0.1) is 11.6 Å². The molecule has 4 rings (SSSR count). The lowest BCUT2D eigenvalue weighted by molar-refractivity contribution is -0.132. The highest BCUT2D eigenvalue weighted by molar-refractivity contribution is 6.06. The third-order valence-corrected chi connectivity index (χ3v) is 5.78. The molecular weight excluding hydrogens is 456 g/mol. The molecule has 180 valence electrons. The maximum atomic E-state index is 13.7. The van der Waals surface area contributed by atoms with Crippen LogP contribution in [0.5, 0.6) is 0 Å². The molecular formula is C26H23F2N3O4. The topological polar surface area (TPSA) is 87.7 Å². The largest absolute Gasteiger partial charge is 0.436 e. The number of carbonyl (C=O) groups excluding carboxylic acids is 3. The number of fused-ring (bicyclic) bond motifs is 3. The van der Waals surface area contributed by atoms with Gasteiger partial charge in [-0.25, -0.2) is 13.6 Å². The molecule has 7 nitrogen and oxygen atoms in total. The van der Waals surface area contributed by atoms with Gasteiger partial charge in [-0.3, -0.25) is 9.59 Å². The second kappa shape index (κ2) is 9.92. The Labute approximate surface area is 200 Å². The van der Waals surface area contributed by atoms with Gasteiger partial charge in [-0.1, -0.05) is 42.5 Å². The van der Waals surface area contributed by atoms with Gasteiger partial charge < -0.3 is 20.3 Å². The summed E-state index contributed by atoms with van der Waals surface area (Å²) in [5.41, 5.74) is 2.90. The number of hydrogen-bond donors (Lipinski definition) is 2. The molecule has 1 aliphatic rings. The fraction of sp³-hybridized carbons (Fsp3) is 0.192. The molecule has 2 atom stereocenters. The van der Waals surface area contributed by atoms with Crippen LogP contribution < -0.4 is 15.5 Å². The highest BCUT2D eigenvalue weighted by Crippen LogP contribution is 2.39. The predicted molar refractivity (Wildman–Crippen MR) is 125 cm³/mol. The minimum Gasteiger partial charge on any atom is -0.436 e. The second-order valence-electron chi connectivity index (χ2n) is 8.08. The van der Waals surface area contributed by atoms with E-state index in [2.05, 4.69) is 10.6 Å². The van der Waals surface area contributed by atoms with Crippen molar-refractivity contribution in [1.82, 2.24) is 10.6 Å². The number of ether oxygens (including phenoxy) is 1. The lowest BCUT2D eigenvalue weighted by atomic mass is 9.95. The zero-order valence-corrected chi connectivity index (χ0v) is 19.0. The number of alkyl carbamates (subject to hydrolysis) is 1. The predicted octanol–water partition coefficient (Wildman–Crippen LogP) is 4.08. The van der Waals surface area contributed by atoms with Gasteiger partial charge in [0.15, 0.2) is 6.10 Å². The van der Waals surface area contributed by atoms with Crippen LogP contribution in [-0.2, 0) is 20.9 Å². The normalized spacial score (nSPS) is 15.4. The number of nitrogens with zero attached hydrogens (tertiary/aromatic N) is 1. The van der Waals surface area contributed by atoms with Crippen LogP contribution in [0.2, 0.25) is 0 Å². The molecule has 0 bridgehead atoms. The standard InChI is InChI=1S/C26H23F2N3O4/c1-15(35-26(34)29-14-16-13-17(27)11-12-21(16)28)24(32)30-23-20-9-4-3-7-18(20)19-8-5-6-10-22(19)31(2)25(23)33/h3-13,15,23H,14H2,1-2H3,(H,29,34)(H,30,32)/t15-,23?/m0/s1. The molecule has 3 aromatic carbocycles. The monoisotopic (exact) mass is 479 g/mol. The molecule has 3 aromatic rings. The van der Waals surface area contributed by atoms with Crippen LogP contribution in [0.25, 0.3) is 11.1 Å². The molecule has 1 heterocycles. The Kier molecular flexibility index (Phi) is 6.77. The van der Waals surface area contributed by atoms with Crippen LogP contribution in [0.3, 0.4) is 0 Å². The average Bonchev–Trinajstić information content (AvgIpc) is 2.94. The van der Waals surface area contributed by atoms with Crippen LogP contribution in [-0.4, -0.2) is 31.1 Å². The molecule has 0 saturated carbocycles. The van der Waals surface area contributed by atoms with Gasteiger partial charge in [0.05, 0.1) is 5.69 Å². The summed E-state index contributed by atoms with van der Waals surface area (Å²) in [7, 11) is 1.63. The second-order valence-corrected chi connectivity index (χ2v) is 8.08. The Hall–Kier alpha value is -4.27. The van der Waals surface area contributed by atoms with Crippen LogP contribution in [0.15, 0.2) is 66.7 Å². The first-order chi connectivity index (χ1) is 16.8. The van der Waals surface area contributed by atoms with Crippen molar-refractivity contribution in [3.63, 3.8) is 0 Å². The third-order valence-electron chi connectivity index (χ3n) is 5.78. The highest BCUT2D eigenvalue weighted by atomic mass is 19.1. The maximum Gasteiger partial charge on any atom is 0.408 e. The summed E-state index contributed by atoms with van der Waals surface area (Å²) < 4.78 is 32.1. The van der Waals surface area contributed by atoms with Crippen molar-refractivity contribution < 1.29 is 27.9 Å². The van der Waals surface area contributed by atoms with Crippen molar-refractivity contribution in [3.8, 4) is 11.1 Å². The molecule has 0 spiro atoms. The molecule has 0 fully saturated rings. The average molecular weight is 479 g/mol. The van der Waals surface area contributed by atoms with E-state index in [0.717, 1.165) is 29.3 Å². The summed E-state index contributed by atoms with van der Waals surface area (Å²) in [5, 5.41) is 4.97. The maximum absolute atomic E-state index is 13.7. The summed E-state index contributed by atoms with van der Waals surface area (Å²) in [5.74, 6) is -2.38. The number of likely N-dealkylation sites (N-methyl/N-ethyl adjacent to an activating group) is 1. The summed E-state index contributed by atoms with van der Waals surface area (Å²) in [6, 6.07) is 16.5. The van der Waals surface area contributed by atoms with E-state index in [0.29, 0.717) is 11.3 Å². The molecule has 1 aliphatic heterocycles. The van der Waals surface area contributed by atoms with Gasteiger partial charge in [-0.2, -0.15) is 0 Å². The van der Waals surface area contributed by atoms with Crippen molar-refractivity contribution in [1.29, 1.82) is 0 Å². The van der Waals surface area contributed by atoms with E-state index in [1.54, 1.807) is 19.2 Å². The van der Waals surface area contributed by atoms with Crippen LogP contribution in [0.4, 0.5) is 19.3 Å². The van der Waals surface area contributed by atoms with Gasteiger partial charge >= 0.3 is 6.09 Å². The molecule has 0 saturated heterocycles. The fourth-order valence-electron chi connectivity index (χ4n) is 3.93. The van der Waals surface area contributed by atoms with Gasteiger partial charge in [-0.15, -0.1) is 0 Å². The molecule has 0 aliphatic carbocycles. The SMILES string of the molecule is C[C@H](OC(=O)NCc1cc(F)ccc1F)C(=O)NC1C(=O)N(C)c2ccccc2-c2ccccc21. The zero-order chi connectivity index (χ0) is 25.1. The smallest absolute Gasteiger partial charge is 0.408 e. The quantitative estimate of drug-likeness (QED) is 0.577. The lowest BCUT2D eigenvalue weighted by Crippen LogP contribution is -2.45. The molecule has 0 radical (unpaired) electrons. The van der Waals surface area contributed by atoms with Crippen molar-refractivity contribution in [3.05, 3.63) is 89.5 Å². The summed E-state index contributed by atoms with van der Waals surface area (Å²) in [6.45, 7) is 1.03. The summed E-state index contributed by atoms with van der Waals surface area (Å²) in [4.78, 5) is 39.8. The van der Waals surface area contributed by atoms with E-state index in [1.807, 2.05) is 36.4 Å². The van der Waals surface area contributed by atoms with Gasteiger partial charge in [-0.05, 0) is 42.3 Å². The molecule has 2 N–H and O–H groups in total. The Bertz CT molecular complexity index is 1300. The molecule has 9 heteroatoms. The van der Waals surface area contributed by atoms with E-state index in [-0.39, 0.29) is 18.0 Å². The number of carbonyl (C=O) groups is 3. The van der Waals surface area contributed by atoms with E-state index in [1.165, 1.54) is 11.8 Å². The summed E-state index contributed by atoms with van der Waals surface area (Å²) in [6.07, 6.45) is -2.25. The zero-order valence-electron chi connectivity index (χ0n) is 19.0. The number of halogens is 2. The summed E-state index contributed by atoms with van der Waals surface area (Å²) >= 11 is 0. The van der Waals surface area contributed by atoms with Crippen molar-refractivity contribution >= 4 is 23.6 Å². The first kappa shape index (κ1) is 23.9. The highest BCUT2D eigenvalue weighted by Gasteiger charge is 2.34. The molecule has 1 unspecified atom stereocenters. The lowest BCUT2D eigenvalue weighted by Gasteiger charge is -2.24. The van der Waals surface area contributed by atoms with Crippen LogP contribution in [0.1, 0.15) is 24.1 Å². The Morgan fingerprint density at radius 2 is 1.71 bits per heavy atom. The van der Waals surface area contributed by atoms with Gasteiger partial charge in [0, 0.05) is 24.7 Å². The van der Waals surface area contributed by atoms with E-state index in [9.17, 15) is 23.2 Å². The third kappa shape index (κ3) is 4.98. The van der Waals surface area contributed by atoms with Crippen molar-refractivity contribution in [2.45, 2.75) is 25.6 Å². The number of rotatable bonds is 5. The van der Waals surface area contributed by atoms with Gasteiger partial charge in [0.25, 0.3) is 11.8 Å². The van der Waals surface area contributed by atoms with Crippen LogP contribution >= 0.6 is 0 Å². The van der Waals surface area contributed by atoms with Gasteiger partial charge in [0.2, 0.25) is 0 Å². The Morgan fingerprint density at radius 1 is 1.03 bits per heavy atom. The fourth-order valence-corrected chi connectivity index (χ4v) is 3.93. The van der Waals surface area contributed by atoms with E-state index < -0.39 is 35.8 Å². The minimum absolute atomic E-state index is 0.0673. The minimum atomic E-state index is -1.26. The number of hydrogen-bond acceptors (Lipinski definition) is 4. The molecule has 0 aromatic heterocycles.